The van der Waals surface area contributed by atoms with Crippen LogP contribution in [0.15, 0.2) is 29.2 Å². The van der Waals surface area contributed by atoms with Gasteiger partial charge in [-0.2, -0.15) is 0 Å². The van der Waals surface area contributed by atoms with Crippen molar-refractivity contribution in [3.8, 4) is 5.75 Å². The number of ether oxygens (including phenoxy) is 1. The topological polar surface area (TPSA) is 84.7 Å². The number of thioether (sulfide) groups is 1. The fourth-order valence-electron chi connectivity index (χ4n) is 3.10. The average Bonchev–Trinajstić information content (AvgIpc) is 2.67. The third-order valence-electron chi connectivity index (χ3n) is 4.54. The lowest BCUT2D eigenvalue weighted by molar-refractivity contribution is -0.142. The summed E-state index contributed by atoms with van der Waals surface area (Å²) in [6.07, 6.45) is 4.71. The van der Waals surface area contributed by atoms with Crippen LogP contribution in [0.3, 0.4) is 0 Å². The monoisotopic (exact) mass is 379 g/mol. The summed E-state index contributed by atoms with van der Waals surface area (Å²) in [5.74, 6) is 0.592. The van der Waals surface area contributed by atoms with Crippen LogP contribution in [-0.2, 0) is 9.59 Å². The number of likely N-dealkylation sites (tertiary alicyclic amines) is 1. The minimum Gasteiger partial charge on any atom is -0.481 e. The molecule has 2 atom stereocenters. The highest BCUT2D eigenvalue weighted by molar-refractivity contribution is 7.98. The van der Waals surface area contributed by atoms with Gasteiger partial charge < -0.3 is 20.7 Å². The van der Waals surface area contributed by atoms with E-state index >= 15 is 0 Å². The SMILES string of the molecule is CSc1ccc(OC(C)C(=O)N2CCCCC2CNC(=O)CCN)cc1. The predicted octanol–water partition coefficient (Wildman–Crippen LogP) is 2.02. The molecule has 0 saturated carbocycles. The minimum atomic E-state index is -0.560. The van der Waals surface area contributed by atoms with E-state index in [9.17, 15) is 9.59 Å². The normalized spacial score (nSPS) is 18.3. The molecule has 1 fully saturated rings. The first kappa shape index (κ1) is 20.6. The number of hydrogen-bond acceptors (Lipinski definition) is 5. The van der Waals surface area contributed by atoms with Gasteiger partial charge in [0.05, 0.1) is 0 Å². The molecule has 0 bridgehead atoms. The van der Waals surface area contributed by atoms with Crippen LogP contribution in [0.25, 0.3) is 0 Å². The Hall–Kier alpha value is -1.73. The van der Waals surface area contributed by atoms with Gasteiger partial charge in [-0.05, 0) is 56.7 Å². The molecular formula is C19H29N3O3S. The van der Waals surface area contributed by atoms with Gasteiger partial charge >= 0.3 is 0 Å². The Morgan fingerprint density at radius 1 is 1.35 bits per heavy atom. The Labute approximate surface area is 159 Å². The number of nitrogens with two attached hydrogens (primary N) is 1. The maximum atomic E-state index is 12.9. The Bertz CT molecular complexity index is 594. The second-order valence-corrected chi connectivity index (χ2v) is 7.34. The molecule has 6 nitrogen and oxygen atoms in total. The number of nitrogens with one attached hydrogen (secondary N) is 1. The molecule has 1 aliphatic heterocycles. The molecular weight excluding hydrogens is 350 g/mol. The summed E-state index contributed by atoms with van der Waals surface area (Å²) in [5.41, 5.74) is 5.40. The van der Waals surface area contributed by atoms with Crippen molar-refractivity contribution in [2.24, 2.45) is 5.73 Å². The highest BCUT2D eigenvalue weighted by Gasteiger charge is 2.30. The van der Waals surface area contributed by atoms with Crippen molar-refractivity contribution in [3.05, 3.63) is 24.3 Å². The van der Waals surface area contributed by atoms with Gasteiger partial charge in [-0.25, -0.2) is 0 Å². The van der Waals surface area contributed by atoms with E-state index in [0.717, 1.165) is 24.2 Å². The van der Waals surface area contributed by atoms with Gasteiger partial charge in [0.1, 0.15) is 5.75 Å². The largest absolute Gasteiger partial charge is 0.481 e. The van der Waals surface area contributed by atoms with Gasteiger partial charge in [0.15, 0.2) is 6.10 Å². The molecule has 7 heteroatoms. The lowest BCUT2D eigenvalue weighted by Crippen LogP contribution is -2.52. The standard InChI is InChI=1S/C19H29N3O3S/c1-14(25-16-6-8-17(26-2)9-7-16)19(24)22-12-4-3-5-15(22)13-21-18(23)10-11-20/h6-9,14-15H,3-5,10-13,20H2,1-2H3,(H,21,23). The van der Waals surface area contributed by atoms with Crippen LogP contribution in [0.2, 0.25) is 0 Å². The number of hydrogen-bond donors (Lipinski definition) is 2. The van der Waals surface area contributed by atoms with Crippen LogP contribution < -0.4 is 15.8 Å². The summed E-state index contributed by atoms with van der Waals surface area (Å²) in [6, 6.07) is 7.75. The van der Waals surface area contributed by atoms with Crippen LogP contribution in [-0.4, -0.2) is 54.8 Å². The van der Waals surface area contributed by atoms with Crippen molar-refractivity contribution in [1.82, 2.24) is 10.2 Å². The Morgan fingerprint density at radius 2 is 2.08 bits per heavy atom. The summed E-state index contributed by atoms with van der Waals surface area (Å²) in [4.78, 5) is 27.5. The van der Waals surface area contributed by atoms with E-state index in [1.54, 1.807) is 18.7 Å². The summed E-state index contributed by atoms with van der Waals surface area (Å²) in [6.45, 7) is 3.29. The number of piperidine rings is 1. The third-order valence-corrected chi connectivity index (χ3v) is 5.28. The van der Waals surface area contributed by atoms with Crippen molar-refractivity contribution in [2.45, 2.75) is 49.6 Å². The van der Waals surface area contributed by atoms with Crippen molar-refractivity contribution in [1.29, 1.82) is 0 Å². The number of carbonyl (C=O) groups excluding carboxylic acids is 2. The highest BCUT2D eigenvalue weighted by Crippen LogP contribution is 2.22. The molecule has 1 heterocycles. The molecule has 1 aromatic carbocycles. The third kappa shape index (κ3) is 5.92. The van der Waals surface area contributed by atoms with Gasteiger partial charge in [-0.1, -0.05) is 0 Å². The molecule has 0 radical (unpaired) electrons. The van der Waals surface area contributed by atoms with Crippen molar-refractivity contribution >= 4 is 23.6 Å². The number of amides is 2. The van der Waals surface area contributed by atoms with E-state index in [-0.39, 0.29) is 17.9 Å². The van der Waals surface area contributed by atoms with Crippen LogP contribution >= 0.6 is 11.8 Å². The quantitative estimate of drug-likeness (QED) is 0.675. The van der Waals surface area contributed by atoms with Crippen molar-refractivity contribution in [3.63, 3.8) is 0 Å². The molecule has 1 aliphatic rings. The Morgan fingerprint density at radius 3 is 2.73 bits per heavy atom. The number of nitrogens with zero attached hydrogens (tertiary/aromatic N) is 1. The number of carbonyl (C=O) groups is 2. The lowest BCUT2D eigenvalue weighted by atomic mass is 10.0. The van der Waals surface area contributed by atoms with E-state index in [2.05, 4.69) is 5.32 Å². The number of benzene rings is 1. The average molecular weight is 380 g/mol. The first-order valence-corrected chi connectivity index (χ1v) is 10.4. The fourth-order valence-corrected chi connectivity index (χ4v) is 3.50. The molecule has 1 aromatic rings. The van der Waals surface area contributed by atoms with Crippen LogP contribution in [0.5, 0.6) is 5.75 Å². The van der Waals surface area contributed by atoms with Gasteiger partial charge in [0, 0.05) is 37.0 Å². The summed E-state index contributed by atoms with van der Waals surface area (Å²) < 4.78 is 5.84. The molecule has 144 valence electrons. The molecule has 2 unspecified atom stereocenters. The molecule has 2 rings (SSSR count). The lowest BCUT2D eigenvalue weighted by Gasteiger charge is -2.37. The van der Waals surface area contributed by atoms with E-state index in [1.165, 1.54) is 0 Å². The number of rotatable bonds is 8. The summed E-state index contributed by atoms with van der Waals surface area (Å²) >= 11 is 1.66. The van der Waals surface area contributed by atoms with E-state index < -0.39 is 6.10 Å². The summed E-state index contributed by atoms with van der Waals surface area (Å²) in [5, 5.41) is 2.88. The van der Waals surface area contributed by atoms with Gasteiger partial charge in [-0.3, -0.25) is 9.59 Å². The molecule has 0 aliphatic carbocycles. The fraction of sp³-hybridized carbons (Fsp3) is 0.579. The first-order valence-electron chi connectivity index (χ1n) is 9.13. The Balaban J connectivity index is 1.93. The second kappa shape index (κ2) is 10.4. The highest BCUT2D eigenvalue weighted by atomic mass is 32.2. The van der Waals surface area contributed by atoms with Crippen LogP contribution in [0, 0.1) is 0 Å². The minimum absolute atomic E-state index is 0.0166. The molecule has 0 aromatic heterocycles. The maximum Gasteiger partial charge on any atom is 0.263 e. The Kier molecular flexibility index (Phi) is 8.25. The molecule has 1 saturated heterocycles. The van der Waals surface area contributed by atoms with E-state index in [4.69, 9.17) is 10.5 Å². The smallest absolute Gasteiger partial charge is 0.263 e. The van der Waals surface area contributed by atoms with Gasteiger partial charge in [0.25, 0.3) is 5.91 Å². The molecule has 0 spiro atoms. The predicted molar refractivity (Wildman–Crippen MR) is 104 cm³/mol. The zero-order chi connectivity index (χ0) is 18.9. The second-order valence-electron chi connectivity index (χ2n) is 6.46. The van der Waals surface area contributed by atoms with Gasteiger partial charge in [-0.15, -0.1) is 11.8 Å². The van der Waals surface area contributed by atoms with Crippen LogP contribution in [0.4, 0.5) is 0 Å². The molecule has 26 heavy (non-hydrogen) atoms. The maximum absolute atomic E-state index is 12.9. The van der Waals surface area contributed by atoms with E-state index in [1.807, 2.05) is 35.4 Å². The zero-order valence-electron chi connectivity index (χ0n) is 15.6. The van der Waals surface area contributed by atoms with Crippen molar-refractivity contribution in [2.75, 3.05) is 25.9 Å². The van der Waals surface area contributed by atoms with Crippen molar-refractivity contribution < 1.29 is 14.3 Å². The first-order chi connectivity index (χ1) is 12.5. The molecule has 2 amide bonds. The molecule has 3 N–H and O–H groups in total. The summed E-state index contributed by atoms with van der Waals surface area (Å²) in [7, 11) is 0. The zero-order valence-corrected chi connectivity index (χ0v) is 16.4. The van der Waals surface area contributed by atoms with Gasteiger partial charge in [0.2, 0.25) is 5.91 Å². The van der Waals surface area contributed by atoms with E-state index in [0.29, 0.717) is 31.8 Å². The van der Waals surface area contributed by atoms with Crippen LogP contribution in [0.1, 0.15) is 32.6 Å².